The molecule has 2 aromatic heterocycles. The van der Waals surface area contributed by atoms with E-state index in [0.29, 0.717) is 32.0 Å². The van der Waals surface area contributed by atoms with Crippen molar-refractivity contribution in [3.05, 3.63) is 102 Å². The largest absolute Gasteiger partial charge is 0.483 e. The summed E-state index contributed by atoms with van der Waals surface area (Å²) in [5.74, 6) is -1.97. The maximum absolute atomic E-state index is 13.3. The van der Waals surface area contributed by atoms with E-state index >= 15 is 0 Å². The molecule has 3 aromatic carbocycles. The van der Waals surface area contributed by atoms with Gasteiger partial charge in [0.05, 0.1) is 23.0 Å². The van der Waals surface area contributed by atoms with Gasteiger partial charge in [0, 0.05) is 61.9 Å². The monoisotopic (exact) mass is 698 g/mol. The quantitative estimate of drug-likeness (QED) is 0.230. The fourth-order valence-electron chi connectivity index (χ4n) is 6.97. The molecule has 2 N–H and O–H groups in total. The average molecular weight is 699 g/mol. The molecule has 0 spiro atoms. The number of amides is 5. The number of hydrogen-bond donors (Lipinski definition) is 2. The molecule has 1 atom stereocenters. The van der Waals surface area contributed by atoms with E-state index in [1.54, 1.807) is 17.2 Å². The number of imide groups is 2. The van der Waals surface area contributed by atoms with Crippen LogP contribution in [0.2, 0.25) is 0 Å². The molecule has 0 saturated carbocycles. The zero-order chi connectivity index (χ0) is 35.9. The summed E-state index contributed by atoms with van der Waals surface area (Å²) >= 11 is 0. The lowest BCUT2D eigenvalue weighted by atomic mass is 10.0. The van der Waals surface area contributed by atoms with E-state index < -0.39 is 29.7 Å². The Kier molecular flexibility index (Phi) is 8.33. The summed E-state index contributed by atoms with van der Waals surface area (Å²) in [5.41, 5.74) is 5.90. The van der Waals surface area contributed by atoms with Crippen molar-refractivity contribution < 1.29 is 28.7 Å². The molecular formula is C38H34N8O6. The van der Waals surface area contributed by atoms with Gasteiger partial charge in [0.1, 0.15) is 11.8 Å². The SMILES string of the molecule is Cc1cccc(-c2cnc(Nc3ccc(N4CCN(C(=O)COc5cccc6c5C(=O)N(C5CCC(=O)NC5=O)C6=O)CC4)cc3)c3nccn23)c1. The number of carbonyl (C=O) groups excluding carboxylic acids is 5. The number of hydrogen-bond acceptors (Lipinski definition) is 10. The number of benzene rings is 3. The van der Waals surface area contributed by atoms with Crippen molar-refractivity contribution in [3.63, 3.8) is 0 Å². The predicted octanol–water partition coefficient (Wildman–Crippen LogP) is 3.58. The normalized spacial score (nSPS) is 17.4. The molecule has 3 aliphatic heterocycles. The van der Waals surface area contributed by atoms with Gasteiger partial charge in [-0.3, -0.25) is 38.6 Å². The van der Waals surface area contributed by atoms with Gasteiger partial charge in [-0.25, -0.2) is 9.97 Å². The molecule has 0 aliphatic carbocycles. The minimum atomic E-state index is -1.09. The van der Waals surface area contributed by atoms with Crippen molar-refractivity contribution in [1.82, 2.24) is 29.5 Å². The number of aryl methyl sites for hydroxylation is 1. The Morgan fingerprint density at radius 2 is 1.73 bits per heavy atom. The van der Waals surface area contributed by atoms with Gasteiger partial charge in [0.15, 0.2) is 18.1 Å². The Hall–Kier alpha value is -6.57. The Balaban J connectivity index is 0.867. The molecule has 8 rings (SSSR count). The number of aromatic nitrogens is 3. The summed E-state index contributed by atoms with van der Waals surface area (Å²) in [5, 5.41) is 5.58. The number of anilines is 3. The van der Waals surface area contributed by atoms with Crippen molar-refractivity contribution in [1.29, 1.82) is 0 Å². The lowest BCUT2D eigenvalue weighted by Gasteiger charge is -2.36. The number of piperidine rings is 1. The second-order valence-corrected chi connectivity index (χ2v) is 12.9. The van der Waals surface area contributed by atoms with Crippen LogP contribution in [0.25, 0.3) is 16.9 Å². The Labute approximate surface area is 298 Å². The molecule has 14 heteroatoms. The molecule has 52 heavy (non-hydrogen) atoms. The van der Waals surface area contributed by atoms with Gasteiger partial charge in [0.25, 0.3) is 17.7 Å². The number of imidazole rings is 1. The maximum Gasteiger partial charge on any atom is 0.266 e. The highest BCUT2D eigenvalue weighted by atomic mass is 16.5. The van der Waals surface area contributed by atoms with Crippen LogP contribution >= 0.6 is 0 Å². The minimum absolute atomic E-state index is 0.0111. The third-order valence-electron chi connectivity index (χ3n) is 9.65. The molecule has 0 bridgehead atoms. The van der Waals surface area contributed by atoms with Crippen LogP contribution in [0.4, 0.5) is 17.2 Å². The number of rotatable bonds is 8. The first kappa shape index (κ1) is 32.6. The lowest BCUT2D eigenvalue weighted by molar-refractivity contribution is -0.136. The summed E-state index contributed by atoms with van der Waals surface area (Å²) in [6.07, 6.45) is 5.60. The zero-order valence-electron chi connectivity index (χ0n) is 28.2. The predicted molar refractivity (Wildman–Crippen MR) is 190 cm³/mol. The highest BCUT2D eigenvalue weighted by Crippen LogP contribution is 2.34. The second-order valence-electron chi connectivity index (χ2n) is 12.9. The highest BCUT2D eigenvalue weighted by Gasteiger charge is 2.46. The lowest BCUT2D eigenvalue weighted by Crippen LogP contribution is -2.54. The van der Waals surface area contributed by atoms with Crippen molar-refractivity contribution in [2.45, 2.75) is 25.8 Å². The van der Waals surface area contributed by atoms with E-state index in [1.165, 1.54) is 17.7 Å². The van der Waals surface area contributed by atoms with Crippen LogP contribution < -0.4 is 20.3 Å². The number of fused-ring (bicyclic) bond motifs is 2. The van der Waals surface area contributed by atoms with Crippen LogP contribution in [0.15, 0.2) is 85.3 Å². The van der Waals surface area contributed by atoms with Crippen LogP contribution in [-0.2, 0) is 14.4 Å². The smallest absolute Gasteiger partial charge is 0.266 e. The zero-order valence-corrected chi connectivity index (χ0v) is 28.2. The second kappa shape index (κ2) is 13.3. The standard InChI is InChI=1S/C38H34N8O6/c1-23-4-2-5-24(20-23)29-21-40-34(35-39-14-15-45(29)35)41-25-8-10-26(11-9-25)43-16-18-44(19-17-43)32(48)22-52-30-7-3-6-27-33(30)38(51)46(37(27)50)28-12-13-31(47)42-36(28)49/h2-11,14-15,20-21,28H,12-13,16-19,22H2,1H3,(H,40,41)(H,42,47,49). The van der Waals surface area contributed by atoms with E-state index in [1.807, 2.05) is 47.1 Å². The topological polar surface area (TPSA) is 159 Å². The van der Waals surface area contributed by atoms with Gasteiger partial charge in [-0.15, -0.1) is 0 Å². The van der Waals surface area contributed by atoms with Gasteiger partial charge in [-0.05, 0) is 55.8 Å². The fourth-order valence-corrected chi connectivity index (χ4v) is 6.97. The van der Waals surface area contributed by atoms with Crippen LogP contribution in [0.1, 0.15) is 39.1 Å². The van der Waals surface area contributed by atoms with Gasteiger partial charge < -0.3 is 19.9 Å². The Morgan fingerprint density at radius 3 is 2.50 bits per heavy atom. The first-order valence-corrected chi connectivity index (χ1v) is 17.0. The van der Waals surface area contributed by atoms with Crippen LogP contribution in [0, 0.1) is 6.92 Å². The molecule has 14 nitrogen and oxygen atoms in total. The van der Waals surface area contributed by atoms with E-state index in [4.69, 9.17) is 9.72 Å². The molecule has 2 fully saturated rings. The number of nitrogens with one attached hydrogen (secondary N) is 2. The molecule has 5 aromatic rings. The van der Waals surface area contributed by atoms with E-state index in [0.717, 1.165) is 33.2 Å². The molecule has 1 unspecified atom stereocenters. The summed E-state index contributed by atoms with van der Waals surface area (Å²) in [6.45, 7) is 3.93. The van der Waals surface area contributed by atoms with E-state index in [9.17, 15) is 24.0 Å². The summed E-state index contributed by atoms with van der Waals surface area (Å²) in [6, 6.07) is 19.8. The number of piperazine rings is 1. The Bertz CT molecular complexity index is 2260. The Morgan fingerprint density at radius 1 is 0.942 bits per heavy atom. The van der Waals surface area contributed by atoms with Gasteiger partial charge in [-0.2, -0.15) is 0 Å². The number of ether oxygens (including phenoxy) is 1. The fraction of sp³-hybridized carbons (Fsp3) is 0.237. The van der Waals surface area contributed by atoms with Gasteiger partial charge in [-0.1, -0.05) is 29.8 Å². The summed E-state index contributed by atoms with van der Waals surface area (Å²) < 4.78 is 7.84. The molecule has 5 heterocycles. The minimum Gasteiger partial charge on any atom is -0.483 e. The molecule has 262 valence electrons. The van der Waals surface area contributed by atoms with Crippen LogP contribution in [-0.4, -0.2) is 92.5 Å². The van der Waals surface area contributed by atoms with Crippen molar-refractivity contribution in [3.8, 4) is 17.0 Å². The third kappa shape index (κ3) is 5.97. The average Bonchev–Trinajstić information content (AvgIpc) is 3.75. The first-order valence-electron chi connectivity index (χ1n) is 17.0. The molecule has 3 aliphatic rings. The molecule has 2 saturated heterocycles. The van der Waals surface area contributed by atoms with Crippen LogP contribution in [0.5, 0.6) is 5.75 Å². The molecule has 0 radical (unpaired) electrons. The summed E-state index contributed by atoms with van der Waals surface area (Å²) in [4.78, 5) is 77.7. The van der Waals surface area contributed by atoms with Crippen LogP contribution in [0.3, 0.4) is 0 Å². The molecule has 5 amide bonds. The summed E-state index contributed by atoms with van der Waals surface area (Å²) in [7, 11) is 0. The van der Waals surface area contributed by atoms with Crippen molar-refractivity contribution >= 4 is 52.4 Å². The van der Waals surface area contributed by atoms with E-state index in [2.05, 4.69) is 45.6 Å². The van der Waals surface area contributed by atoms with E-state index in [-0.39, 0.29) is 42.2 Å². The van der Waals surface area contributed by atoms with Crippen molar-refractivity contribution in [2.75, 3.05) is 43.0 Å². The number of carbonyl (C=O) groups is 5. The van der Waals surface area contributed by atoms with Gasteiger partial charge in [0.2, 0.25) is 11.8 Å². The first-order chi connectivity index (χ1) is 25.2. The highest BCUT2D eigenvalue weighted by molar-refractivity contribution is 6.24. The third-order valence-corrected chi connectivity index (χ3v) is 9.65. The van der Waals surface area contributed by atoms with Crippen molar-refractivity contribution in [2.24, 2.45) is 0 Å². The van der Waals surface area contributed by atoms with Gasteiger partial charge >= 0.3 is 0 Å². The number of nitrogens with zero attached hydrogens (tertiary/aromatic N) is 6. The maximum atomic E-state index is 13.3. The molecular weight excluding hydrogens is 664 g/mol.